The van der Waals surface area contributed by atoms with Gasteiger partial charge in [-0.1, -0.05) is 50.8 Å². The largest absolute Gasteiger partial charge is 0.314 e. The van der Waals surface area contributed by atoms with Gasteiger partial charge in [-0.2, -0.15) is 0 Å². The van der Waals surface area contributed by atoms with Gasteiger partial charge in [-0.05, 0) is 11.7 Å². The van der Waals surface area contributed by atoms with E-state index in [2.05, 4.69) is 20.4 Å². The normalized spacial score (nSPS) is 15.1. The van der Waals surface area contributed by atoms with Crippen LogP contribution in [0.15, 0.2) is 42.7 Å². The summed E-state index contributed by atoms with van der Waals surface area (Å²) >= 11 is 0. The van der Waals surface area contributed by atoms with Crippen LogP contribution in [0.4, 0.5) is 0 Å². The summed E-state index contributed by atoms with van der Waals surface area (Å²) in [5.41, 5.74) is 0. The molecule has 0 amide bonds. The molecule has 2 heteroatoms. The Labute approximate surface area is 86.2 Å². The SMILES string of the molecule is C=CP(=O)(CC(C)C)c1ccccc1. The molecule has 0 bridgehead atoms. The summed E-state index contributed by atoms with van der Waals surface area (Å²) in [5.74, 6) is 2.06. The van der Waals surface area contributed by atoms with Crippen molar-refractivity contribution in [1.82, 2.24) is 0 Å². The summed E-state index contributed by atoms with van der Waals surface area (Å²) in [6, 6.07) is 9.62. The molecule has 0 saturated carbocycles. The molecule has 1 aromatic carbocycles. The van der Waals surface area contributed by atoms with Gasteiger partial charge in [0, 0.05) is 11.5 Å². The van der Waals surface area contributed by atoms with Crippen molar-refractivity contribution in [2.75, 3.05) is 6.16 Å². The monoisotopic (exact) mass is 208 g/mol. The van der Waals surface area contributed by atoms with Gasteiger partial charge in [0.15, 0.2) is 0 Å². The van der Waals surface area contributed by atoms with E-state index in [-0.39, 0.29) is 0 Å². The molecule has 0 aliphatic rings. The lowest BCUT2D eigenvalue weighted by Gasteiger charge is -2.16. The lowest BCUT2D eigenvalue weighted by atomic mass is 10.3. The van der Waals surface area contributed by atoms with Crippen molar-refractivity contribution in [3.8, 4) is 0 Å². The fourth-order valence-corrected chi connectivity index (χ4v) is 3.84. The first-order chi connectivity index (χ1) is 6.58. The molecule has 1 aromatic rings. The molecule has 0 aliphatic heterocycles. The standard InChI is InChI=1S/C12H17OP/c1-4-14(13,10-11(2)3)12-8-6-5-7-9-12/h4-9,11H,1,10H2,2-3H3. The summed E-state index contributed by atoms with van der Waals surface area (Å²) in [7, 11) is -2.34. The molecule has 1 unspecified atom stereocenters. The quantitative estimate of drug-likeness (QED) is 0.692. The number of hydrogen-bond acceptors (Lipinski definition) is 1. The first-order valence-electron chi connectivity index (χ1n) is 4.86. The number of benzene rings is 1. The zero-order valence-corrected chi connectivity index (χ0v) is 9.71. The van der Waals surface area contributed by atoms with Crippen molar-refractivity contribution in [2.24, 2.45) is 5.92 Å². The highest BCUT2D eigenvalue weighted by Crippen LogP contribution is 2.46. The van der Waals surface area contributed by atoms with E-state index in [1.807, 2.05) is 30.3 Å². The number of hydrogen-bond donors (Lipinski definition) is 0. The topological polar surface area (TPSA) is 17.1 Å². The summed E-state index contributed by atoms with van der Waals surface area (Å²) in [5, 5.41) is 0.920. The lowest BCUT2D eigenvalue weighted by molar-refractivity contribution is 0.578. The van der Waals surface area contributed by atoms with E-state index < -0.39 is 7.14 Å². The Morgan fingerprint density at radius 2 is 1.93 bits per heavy atom. The van der Waals surface area contributed by atoms with Crippen LogP contribution in [-0.4, -0.2) is 6.16 Å². The minimum atomic E-state index is -2.34. The molecule has 76 valence electrons. The van der Waals surface area contributed by atoms with Crippen molar-refractivity contribution in [1.29, 1.82) is 0 Å². The highest BCUT2D eigenvalue weighted by atomic mass is 31.2. The zero-order chi connectivity index (χ0) is 10.6. The molecule has 0 saturated heterocycles. The molecule has 0 spiro atoms. The second-order valence-corrected chi connectivity index (χ2v) is 6.73. The first-order valence-corrected chi connectivity index (χ1v) is 6.82. The van der Waals surface area contributed by atoms with E-state index >= 15 is 0 Å². The van der Waals surface area contributed by atoms with Crippen LogP contribution in [0, 0.1) is 5.92 Å². The van der Waals surface area contributed by atoms with Gasteiger partial charge in [-0.15, -0.1) is 0 Å². The van der Waals surface area contributed by atoms with Crippen molar-refractivity contribution < 1.29 is 4.57 Å². The van der Waals surface area contributed by atoms with Crippen LogP contribution in [0.3, 0.4) is 0 Å². The molecule has 0 aromatic heterocycles. The maximum atomic E-state index is 12.5. The van der Waals surface area contributed by atoms with Gasteiger partial charge >= 0.3 is 0 Å². The molecule has 14 heavy (non-hydrogen) atoms. The van der Waals surface area contributed by atoms with Gasteiger partial charge in [0.2, 0.25) is 0 Å². The Morgan fingerprint density at radius 3 is 2.36 bits per heavy atom. The third-order valence-corrected chi connectivity index (χ3v) is 5.16. The fraction of sp³-hybridized carbons (Fsp3) is 0.333. The Balaban J connectivity index is 3.03. The minimum Gasteiger partial charge on any atom is -0.314 e. The van der Waals surface area contributed by atoms with Crippen LogP contribution < -0.4 is 5.30 Å². The van der Waals surface area contributed by atoms with Crippen LogP contribution in [0.25, 0.3) is 0 Å². The van der Waals surface area contributed by atoms with Crippen molar-refractivity contribution in [3.05, 3.63) is 42.7 Å². The van der Waals surface area contributed by atoms with Gasteiger partial charge in [-0.25, -0.2) is 0 Å². The molecule has 0 fully saturated rings. The number of rotatable bonds is 4. The summed E-state index contributed by atoms with van der Waals surface area (Å²) in [4.78, 5) is 0. The van der Waals surface area contributed by atoms with Gasteiger partial charge < -0.3 is 4.57 Å². The first kappa shape index (κ1) is 11.3. The second-order valence-electron chi connectivity index (χ2n) is 3.89. The Morgan fingerprint density at radius 1 is 1.36 bits per heavy atom. The third kappa shape index (κ3) is 2.59. The van der Waals surface area contributed by atoms with Crippen LogP contribution in [-0.2, 0) is 4.57 Å². The van der Waals surface area contributed by atoms with Gasteiger partial charge in [0.25, 0.3) is 0 Å². The summed E-state index contributed by atoms with van der Waals surface area (Å²) < 4.78 is 12.5. The predicted octanol–water partition coefficient (Wildman–Crippen LogP) is 3.47. The van der Waals surface area contributed by atoms with E-state index in [0.29, 0.717) is 12.1 Å². The maximum absolute atomic E-state index is 12.5. The third-order valence-electron chi connectivity index (χ3n) is 2.12. The van der Waals surface area contributed by atoms with E-state index in [9.17, 15) is 4.57 Å². The zero-order valence-electron chi connectivity index (χ0n) is 8.81. The van der Waals surface area contributed by atoms with E-state index in [4.69, 9.17) is 0 Å². The van der Waals surface area contributed by atoms with Gasteiger partial charge in [-0.3, -0.25) is 0 Å². The Hall–Kier alpha value is -0.810. The highest BCUT2D eigenvalue weighted by molar-refractivity contribution is 7.74. The molecule has 1 rings (SSSR count). The van der Waals surface area contributed by atoms with Crippen LogP contribution in [0.5, 0.6) is 0 Å². The average Bonchev–Trinajstić information content (AvgIpc) is 2.18. The smallest absolute Gasteiger partial charge is 0.136 e. The fourth-order valence-electron chi connectivity index (χ4n) is 1.51. The molecule has 0 N–H and O–H groups in total. The predicted molar refractivity (Wildman–Crippen MR) is 63.6 cm³/mol. The maximum Gasteiger partial charge on any atom is 0.136 e. The van der Waals surface area contributed by atoms with Crippen molar-refractivity contribution in [3.63, 3.8) is 0 Å². The second kappa shape index (κ2) is 4.61. The summed E-state index contributed by atoms with van der Waals surface area (Å²) in [6.07, 6.45) is 0.709. The molecule has 0 radical (unpaired) electrons. The van der Waals surface area contributed by atoms with Crippen molar-refractivity contribution in [2.45, 2.75) is 13.8 Å². The minimum absolute atomic E-state index is 0.430. The van der Waals surface area contributed by atoms with Gasteiger partial charge in [0.1, 0.15) is 7.14 Å². The molecule has 0 heterocycles. The molecule has 1 atom stereocenters. The molecule has 1 nitrogen and oxygen atoms in total. The van der Waals surface area contributed by atoms with E-state index in [0.717, 1.165) is 5.30 Å². The van der Waals surface area contributed by atoms with Crippen LogP contribution in [0.2, 0.25) is 0 Å². The molecule has 0 aliphatic carbocycles. The Bertz CT molecular complexity index is 341. The highest BCUT2D eigenvalue weighted by Gasteiger charge is 2.21. The van der Waals surface area contributed by atoms with E-state index in [1.54, 1.807) is 5.82 Å². The summed E-state index contributed by atoms with van der Waals surface area (Å²) in [6.45, 7) is 7.86. The van der Waals surface area contributed by atoms with Crippen LogP contribution >= 0.6 is 7.14 Å². The van der Waals surface area contributed by atoms with Crippen LogP contribution in [0.1, 0.15) is 13.8 Å². The average molecular weight is 208 g/mol. The lowest BCUT2D eigenvalue weighted by Crippen LogP contribution is -2.08. The molecular formula is C12H17OP. The van der Waals surface area contributed by atoms with Crippen molar-refractivity contribution >= 4 is 12.4 Å². The Kier molecular flexibility index (Phi) is 3.71. The van der Waals surface area contributed by atoms with E-state index in [1.165, 1.54) is 0 Å². The molecular weight excluding hydrogens is 191 g/mol. The van der Waals surface area contributed by atoms with Gasteiger partial charge in [0.05, 0.1) is 0 Å².